The number of aryl methyl sites for hydroxylation is 1. The first-order valence-electron chi connectivity index (χ1n) is 6.48. The summed E-state index contributed by atoms with van der Waals surface area (Å²) in [7, 11) is 0. The summed E-state index contributed by atoms with van der Waals surface area (Å²) in [6.07, 6.45) is 0.493. The maximum absolute atomic E-state index is 11.8. The molecule has 0 spiro atoms. The van der Waals surface area contributed by atoms with Crippen LogP contribution in [0.25, 0.3) is 11.5 Å². The molecule has 2 aromatic rings. The lowest BCUT2D eigenvalue weighted by Crippen LogP contribution is -2.05. The predicted molar refractivity (Wildman–Crippen MR) is 73.9 cm³/mol. The summed E-state index contributed by atoms with van der Waals surface area (Å²) < 4.78 is 10.3. The van der Waals surface area contributed by atoms with Crippen molar-refractivity contribution in [1.29, 1.82) is 0 Å². The number of carbonyl (C=O) groups is 1. The van der Waals surface area contributed by atoms with E-state index >= 15 is 0 Å². The zero-order chi connectivity index (χ0) is 15.4. The Morgan fingerprint density at radius 1 is 1.43 bits per heavy atom. The molecule has 7 nitrogen and oxygen atoms in total. The van der Waals surface area contributed by atoms with E-state index in [0.29, 0.717) is 17.7 Å². The number of esters is 1. The fraction of sp³-hybridized carbons (Fsp3) is 0.286. The van der Waals surface area contributed by atoms with Gasteiger partial charge in [-0.25, -0.2) is 9.78 Å². The molecular weight excluding hydrogens is 276 g/mol. The summed E-state index contributed by atoms with van der Waals surface area (Å²) >= 11 is 0. The summed E-state index contributed by atoms with van der Waals surface area (Å²) in [6.45, 7) is 3.76. The molecular formula is C14H14N2O5. The molecule has 0 fully saturated rings. The molecule has 0 amide bonds. The molecule has 0 atom stereocenters. The number of hydrogen-bond acceptors (Lipinski definition) is 6. The highest BCUT2D eigenvalue weighted by atomic mass is 16.6. The third kappa shape index (κ3) is 3.07. The van der Waals surface area contributed by atoms with Crippen LogP contribution in [0.15, 0.2) is 28.7 Å². The Bertz CT molecular complexity index is 678. The minimum absolute atomic E-state index is 0.0425. The van der Waals surface area contributed by atoms with E-state index in [1.165, 1.54) is 18.2 Å². The first-order chi connectivity index (χ1) is 10.1. The van der Waals surface area contributed by atoms with Crippen LogP contribution < -0.4 is 0 Å². The van der Waals surface area contributed by atoms with Gasteiger partial charge in [-0.3, -0.25) is 10.1 Å². The van der Waals surface area contributed by atoms with Gasteiger partial charge in [0, 0.05) is 17.7 Å². The van der Waals surface area contributed by atoms with E-state index in [2.05, 4.69) is 4.98 Å². The number of carbonyl (C=O) groups excluding carboxylic acids is 1. The van der Waals surface area contributed by atoms with Crippen molar-refractivity contribution < 1.29 is 18.9 Å². The lowest BCUT2D eigenvalue weighted by Gasteiger charge is -1.98. The number of aromatic nitrogens is 1. The van der Waals surface area contributed by atoms with E-state index < -0.39 is 10.9 Å². The average Bonchev–Trinajstić information content (AvgIpc) is 2.92. The van der Waals surface area contributed by atoms with Gasteiger partial charge >= 0.3 is 5.97 Å². The van der Waals surface area contributed by atoms with Crippen LogP contribution in [-0.2, 0) is 11.2 Å². The first-order valence-corrected chi connectivity index (χ1v) is 6.48. The molecule has 110 valence electrons. The van der Waals surface area contributed by atoms with Gasteiger partial charge in [-0.15, -0.1) is 0 Å². The third-order valence-electron chi connectivity index (χ3n) is 2.80. The highest BCUT2D eigenvalue weighted by molar-refractivity contribution is 5.88. The number of ether oxygens (including phenoxy) is 1. The second kappa shape index (κ2) is 6.17. The van der Waals surface area contributed by atoms with Crippen molar-refractivity contribution in [3.63, 3.8) is 0 Å². The van der Waals surface area contributed by atoms with Gasteiger partial charge in [0.1, 0.15) is 0 Å². The van der Waals surface area contributed by atoms with E-state index in [4.69, 9.17) is 9.15 Å². The summed E-state index contributed by atoms with van der Waals surface area (Å²) in [6, 6.07) is 5.89. The van der Waals surface area contributed by atoms with Crippen molar-refractivity contribution >= 4 is 11.7 Å². The van der Waals surface area contributed by atoms with Crippen LogP contribution in [0, 0.1) is 10.1 Å². The number of benzene rings is 1. The minimum Gasteiger partial charge on any atom is -0.460 e. The Hall–Kier alpha value is -2.70. The molecule has 1 aromatic heterocycles. The molecule has 0 unspecified atom stereocenters. The third-order valence-corrected chi connectivity index (χ3v) is 2.80. The van der Waals surface area contributed by atoms with Crippen LogP contribution in [-0.4, -0.2) is 22.5 Å². The monoisotopic (exact) mass is 290 g/mol. The van der Waals surface area contributed by atoms with Gasteiger partial charge in [-0.2, -0.15) is 0 Å². The Morgan fingerprint density at radius 3 is 2.81 bits per heavy atom. The number of oxazole rings is 1. The van der Waals surface area contributed by atoms with Crippen LogP contribution in [0.1, 0.15) is 30.1 Å². The number of rotatable bonds is 5. The Kier molecular flexibility index (Phi) is 4.32. The quantitative estimate of drug-likeness (QED) is 0.477. The Labute approximate surface area is 120 Å². The van der Waals surface area contributed by atoms with Gasteiger partial charge in [0.15, 0.2) is 0 Å². The van der Waals surface area contributed by atoms with Crippen LogP contribution in [0.3, 0.4) is 0 Å². The van der Waals surface area contributed by atoms with E-state index in [1.54, 1.807) is 13.0 Å². The second-order valence-corrected chi connectivity index (χ2v) is 4.18. The number of non-ortho nitro benzene ring substituents is 1. The normalized spacial score (nSPS) is 10.4. The number of nitrogens with zero attached hydrogens (tertiary/aromatic N) is 2. The van der Waals surface area contributed by atoms with Gasteiger partial charge in [0.25, 0.3) is 5.69 Å². The molecule has 0 aliphatic carbocycles. The molecule has 0 saturated carbocycles. The predicted octanol–water partition coefficient (Wildman–Crippen LogP) is 2.99. The molecule has 0 aliphatic rings. The molecule has 2 rings (SSSR count). The maximum atomic E-state index is 11.8. The van der Waals surface area contributed by atoms with Crippen molar-refractivity contribution in [3.8, 4) is 11.5 Å². The van der Waals surface area contributed by atoms with Crippen LogP contribution in [0.2, 0.25) is 0 Å². The van der Waals surface area contributed by atoms with Crippen LogP contribution in [0.5, 0.6) is 0 Å². The van der Waals surface area contributed by atoms with Gasteiger partial charge in [-0.05, 0) is 19.4 Å². The summed E-state index contributed by atoms with van der Waals surface area (Å²) in [4.78, 5) is 26.3. The summed E-state index contributed by atoms with van der Waals surface area (Å²) in [5, 5.41) is 10.8. The molecule has 21 heavy (non-hydrogen) atoms. The Balaban J connectivity index is 2.43. The fourth-order valence-corrected chi connectivity index (χ4v) is 1.82. The molecule has 1 aromatic carbocycles. The topological polar surface area (TPSA) is 95.5 Å². The van der Waals surface area contributed by atoms with Crippen molar-refractivity contribution in [3.05, 3.63) is 45.8 Å². The average molecular weight is 290 g/mol. The van der Waals surface area contributed by atoms with Gasteiger partial charge < -0.3 is 9.15 Å². The van der Waals surface area contributed by atoms with Crippen LogP contribution >= 0.6 is 0 Å². The zero-order valence-electron chi connectivity index (χ0n) is 11.7. The van der Waals surface area contributed by atoms with Crippen molar-refractivity contribution in [2.45, 2.75) is 20.3 Å². The molecule has 0 radical (unpaired) electrons. The Morgan fingerprint density at radius 2 is 2.19 bits per heavy atom. The number of hydrogen-bond donors (Lipinski definition) is 0. The van der Waals surface area contributed by atoms with Crippen molar-refractivity contribution in [2.24, 2.45) is 0 Å². The zero-order valence-corrected chi connectivity index (χ0v) is 11.7. The van der Waals surface area contributed by atoms with Gasteiger partial charge in [0.05, 0.1) is 17.2 Å². The number of nitro benzene ring substituents is 1. The minimum atomic E-state index is -0.585. The standard InChI is InChI=1S/C14H14N2O5/c1-3-11-12(14(17)20-4-2)21-13(15-11)9-6-5-7-10(8-9)16(18)19/h5-8H,3-4H2,1-2H3. The fourth-order valence-electron chi connectivity index (χ4n) is 1.82. The van der Waals surface area contributed by atoms with Gasteiger partial charge in [-0.1, -0.05) is 13.0 Å². The van der Waals surface area contributed by atoms with E-state index in [1.807, 2.05) is 6.92 Å². The molecule has 0 saturated heterocycles. The smallest absolute Gasteiger partial charge is 0.376 e. The largest absolute Gasteiger partial charge is 0.460 e. The first kappa shape index (κ1) is 14.7. The van der Waals surface area contributed by atoms with E-state index in [9.17, 15) is 14.9 Å². The molecule has 0 N–H and O–H groups in total. The highest BCUT2D eigenvalue weighted by Gasteiger charge is 2.21. The van der Waals surface area contributed by atoms with E-state index in [-0.39, 0.29) is 23.9 Å². The molecule has 0 aliphatic heterocycles. The highest BCUT2D eigenvalue weighted by Crippen LogP contribution is 2.26. The lowest BCUT2D eigenvalue weighted by molar-refractivity contribution is -0.384. The van der Waals surface area contributed by atoms with Crippen LogP contribution in [0.4, 0.5) is 5.69 Å². The lowest BCUT2D eigenvalue weighted by atomic mass is 10.2. The maximum Gasteiger partial charge on any atom is 0.376 e. The summed E-state index contributed by atoms with van der Waals surface area (Å²) in [5.41, 5.74) is 0.839. The molecule has 7 heteroatoms. The molecule has 0 bridgehead atoms. The van der Waals surface area contributed by atoms with Gasteiger partial charge in [0.2, 0.25) is 11.7 Å². The van der Waals surface area contributed by atoms with Crippen molar-refractivity contribution in [1.82, 2.24) is 4.98 Å². The van der Waals surface area contributed by atoms with E-state index in [0.717, 1.165) is 0 Å². The SMILES string of the molecule is CCOC(=O)c1oc(-c2cccc([N+](=O)[O-])c2)nc1CC. The summed E-state index contributed by atoms with van der Waals surface area (Å²) in [5.74, 6) is -0.377. The van der Waals surface area contributed by atoms with Crippen molar-refractivity contribution in [2.75, 3.05) is 6.61 Å². The molecule has 1 heterocycles. The number of nitro groups is 1. The second-order valence-electron chi connectivity index (χ2n) is 4.18.